The Bertz CT molecular complexity index is 380. The van der Waals surface area contributed by atoms with E-state index in [2.05, 4.69) is 25.6 Å². The fourth-order valence-electron chi connectivity index (χ4n) is 1.07. The topological polar surface area (TPSA) is 59.1 Å². The highest BCUT2D eigenvalue weighted by Gasteiger charge is 2.08. The molecule has 0 aliphatic carbocycles. The largest absolute Gasteiger partial charge is 0.265 e. The first-order valence-electron chi connectivity index (χ1n) is 4.56. The third-order valence-corrected chi connectivity index (χ3v) is 3.61. The second-order valence-electron chi connectivity index (χ2n) is 3.01. The van der Waals surface area contributed by atoms with E-state index in [9.17, 15) is 8.42 Å². The van der Waals surface area contributed by atoms with Gasteiger partial charge >= 0.3 is 0 Å². The van der Waals surface area contributed by atoms with Gasteiger partial charge in [0.2, 0.25) is 10.0 Å². The quantitative estimate of drug-likeness (QED) is 0.794. The van der Waals surface area contributed by atoms with Gasteiger partial charge in [-0.15, -0.1) is 0 Å². The molecule has 0 bridgehead atoms. The highest BCUT2D eigenvalue weighted by atomic mass is 79.9. The number of hydrogen-bond donors (Lipinski definition) is 1. The number of aromatic nitrogens is 1. The Morgan fingerprint density at radius 1 is 1.33 bits per heavy atom. The van der Waals surface area contributed by atoms with Crippen molar-refractivity contribution in [3.63, 3.8) is 0 Å². The molecule has 1 aromatic rings. The van der Waals surface area contributed by atoms with Crippen LogP contribution in [0.5, 0.6) is 0 Å². The van der Waals surface area contributed by atoms with Crippen LogP contribution in [0.25, 0.3) is 0 Å². The van der Waals surface area contributed by atoms with Crippen LogP contribution in [0.1, 0.15) is 5.56 Å². The van der Waals surface area contributed by atoms with Crippen LogP contribution in [0, 0.1) is 0 Å². The molecule has 4 nitrogen and oxygen atoms in total. The van der Waals surface area contributed by atoms with Crippen LogP contribution >= 0.6 is 15.9 Å². The van der Waals surface area contributed by atoms with E-state index < -0.39 is 10.0 Å². The molecular weight excluding hydrogens is 280 g/mol. The van der Waals surface area contributed by atoms with Crippen LogP contribution in [0.2, 0.25) is 0 Å². The zero-order chi connectivity index (χ0) is 11.1. The van der Waals surface area contributed by atoms with Crippen LogP contribution in [0.15, 0.2) is 24.5 Å². The summed E-state index contributed by atoms with van der Waals surface area (Å²) in [7, 11) is -3.14. The highest BCUT2D eigenvalue weighted by molar-refractivity contribution is 9.09. The maximum atomic E-state index is 11.4. The van der Waals surface area contributed by atoms with E-state index in [4.69, 9.17) is 0 Å². The number of nitrogens with one attached hydrogen (secondary N) is 1. The Labute approximate surface area is 98.3 Å². The first-order chi connectivity index (χ1) is 7.14. The molecule has 0 saturated heterocycles. The van der Waals surface area contributed by atoms with Crippen molar-refractivity contribution in [2.75, 3.05) is 17.6 Å². The van der Waals surface area contributed by atoms with Gasteiger partial charge in [0.25, 0.3) is 0 Å². The zero-order valence-electron chi connectivity index (χ0n) is 8.19. The minimum absolute atomic E-state index is 0.115. The van der Waals surface area contributed by atoms with Gasteiger partial charge < -0.3 is 0 Å². The van der Waals surface area contributed by atoms with E-state index in [1.165, 1.54) is 0 Å². The van der Waals surface area contributed by atoms with Gasteiger partial charge in [0.1, 0.15) is 0 Å². The van der Waals surface area contributed by atoms with Gasteiger partial charge in [-0.1, -0.05) is 15.9 Å². The molecule has 84 valence electrons. The number of rotatable bonds is 6. The number of pyridine rings is 1. The van der Waals surface area contributed by atoms with Crippen molar-refractivity contribution in [3.8, 4) is 0 Å². The van der Waals surface area contributed by atoms with Crippen LogP contribution < -0.4 is 4.72 Å². The Kier molecular flexibility index (Phi) is 5.21. The molecule has 0 spiro atoms. The molecule has 0 unspecified atom stereocenters. The number of nitrogens with zero attached hydrogens (tertiary/aromatic N) is 1. The minimum atomic E-state index is -3.14. The van der Waals surface area contributed by atoms with Gasteiger partial charge in [-0.3, -0.25) is 4.98 Å². The first-order valence-corrected chi connectivity index (χ1v) is 7.33. The molecule has 0 atom stereocenters. The molecule has 0 aliphatic rings. The van der Waals surface area contributed by atoms with Crippen molar-refractivity contribution in [3.05, 3.63) is 30.1 Å². The zero-order valence-corrected chi connectivity index (χ0v) is 10.6. The SMILES string of the molecule is O=S(=O)(CCc1ccncc1)NCCBr. The number of aryl methyl sites for hydroxylation is 1. The summed E-state index contributed by atoms with van der Waals surface area (Å²) in [5.41, 5.74) is 0.981. The van der Waals surface area contributed by atoms with E-state index in [0.717, 1.165) is 5.56 Å². The predicted octanol–water partition coefficient (Wildman–Crippen LogP) is 0.938. The highest BCUT2D eigenvalue weighted by Crippen LogP contribution is 1.99. The Morgan fingerprint density at radius 2 is 2.00 bits per heavy atom. The molecular formula is C9H13BrN2O2S. The molecule has 0 fully saturated rings. The lowest BCUT2D eigenvalue weighted by molar-refractivity contribution is 0.583. The molecule has 0 saturated carbocycles. The molecule has 6 heteroatoms. The normalized spacial score (nSPS) is 11.5. The lowest BCUT2D eigenvalue weighted by Crippen LogP contribution is -2.28. The van der Waals surface area contributed by atoms with Crippen molar-refractivity contribution in [1.29, 1.82) is 0 Å². The maximum Gasteiger partial charge on any atom is 0.211 e. The van der Waals surface area contributed by atoms with Crippen molar-refractivity contribution in [2.45, 2.75) is 6.42 Å². The number of sulfonamides is 1. The summed E-state index contributed by atoms with van der Waals surface area (Å²) < 4.78 is 25.3. The molecule has 0 aliphatic heterocycles. The number of hydrogen-bond acceptors (Lipinski definition) is 3. The monoisotopic (exact) mass is 292 g/mol. The van der Waals surface area contributed by atoms with Crippen LogP contribution in [-0.2, 0) is 16.4 Å². The van der Waals surface area contributed by atoms with Gasteiger partial charge in [-0.05, 0) is 24.1 Å². The van der Waals surface area contributed by atoms with Crippen molar-refractivity contribution >= 4 is 26.0 Å². The van der Waals surface area contributed by atoms with E-state index in [1.54, 1.807) is 12.4 Å². The van der Waals surface area contributed by atoms with Gasteiger partial charge in [-0.25, -0.2) is 13.1 Å². The van der Waals surface area contributed by atoms with Crippen LogP contribution in [0.4, 0.5) is 0 Å². The third-order valence-electron chi connectivity index (χ3n) is 1.83. The fourth-order valence-corrected chi connectivity index (χ4v) is 2.59. The van der Waals surface area contributed by atoms with Crippen molar-refractivity contribution < 1.29 is 8.42 Å². The Morgan fingerprint density at radius 3 is 2.60 bits per heavy atom. The second kappa shape index (κ2) is 6.19. The Hall–Kier alpha value is -0.460. The van der Waals surface area contributed by atoms with Crippen molar-refractivity contribution in [2.24, 2.45) is 0 Å². The molecule has 0 amide bonds. The summed E-state index contributed by atoms with van der Waals surface area (Å²) in [4.78, 5) is 3.87. The average molecular weight is 293 g/mol. The third kappa shape index (κ3) is 5.25. The predicted molar refractivity (Wildman–Crippen MR) is 63.5 cm³/mol. The standard InChI is InChI=1S/C9H13BrN2O2S/c10-4-7-12-15(13,14)8-3-9-1-5-11-6-2-9/h1-2,5-6,12H,3-4,7-8H2. The summed E-state index contributed by atoms with van der Waals surface area (Å²) in [6.45, 7) is 0.429. The molecule has 1 N–H and O–H groups in total. The molecule has 1 heterocycles. The lowest BCUT2D eigenvalue weighted by atomic mass is 10.2. The second-order valence-corrected chi connectivity index (χ2v) is 5.73. The summed E-state index contributed by atoms with van der Waals surface area (Å²) in [6.07, 6.45) is 3.84. The summed E-state index contributed by atoms with van der Waals surface area (Å²) in [5, 5.41) is 0.626. The van der Waals surface area contributed by atoms with E-state index in [1.807, 2.05) is 12.1 Å². The van der Waals surface area contributed by atoms with Gasteiger partial charge in [-0.2, -0.15) is 0 Å². The van der Waals surface area contributed by atoms with E-state index >= 15 is 0 Å². The molecule has 1 rings (SSSR count). The molecule has 15 heavy (non-hydrogen) atoms. The van der Waals surface area contributed by atoms with Gasteiger partial charge in [0.15, 0.2) is 0 Å². The Balaban J connectivity index is 2.43. The summed E-state index contributed by atoms with van der Waals surface area (Å²) in [6, 6.07) is 3.64. The summed E-state index contributed by atoms with van der Waals surface area (Å²) >= 11 is 3.16. The molecule has 1 aromatic heterocycles. The van der Waals surface area contributed by atoms with Gasteiger partial charge in [0, 0.05) is 24.3 Å². The van der Waals surface area contributed by atoms with E-state index in [0.29, 0.717) is 18.3 Å². The molecule has 0 aromatic carbocycles. The average Bonchev–Trinajstić information content (AvgIpc) is 2.25. The number of alkyl halides is 1. The van der Waals surface area contributed by atoms with E-state index in [-0.39, 0.29) is 5.75 Å². The first kappa shape index (κ1) is 12.6. The smallest absolute Gasteiger partial charge is 0.211 e. The van der Waals surface area contributed by atoms with Crippen molar-refractivity contribution in [1.82, 2.24) is 9.71 Å². The minimum Gasteiger partial charge on any atom is -0.265 e. The van der Waals surface area contributed by atoms with Gasteiger partial charge in [0.05, 0.1) is 5.75 Å². The summed E-state index contributed by atoms with van der Waals surface area (Å²) in [5.74, 6) is 0.115. The molecule has 0 radical (unpaired) electrons. The number of halogens is 1. The van der Waals surface area contributed by atoms with Crippen LogP contribution in [0.3, 0.4) is 0 Å². The lowest BCUT2D eigenvalue weighted by Gasteiger charge is -2.04. The fraction of sp³-hybridized carbons (Fsp3) is 0.444. The van der Waals surface area contributed by atoms with Crippen LogP contribution in [-0.4, -0.2) is 31.0 Å². The maximum absolute atomic E-state index is 11.4.